The lowest BCUT2D eigenvalue weighted by Gasteiger charge is -2.37. The third-order valence-electron chi connectivity index (χ3n) is 4.08. The number of ether oxygens (including phenoxy) is 2. The fourth-order valence-corrected chi connectivity index (χ4v) is 2.54. The fourth-order valence-electron chi connectivity index (χ4n) is 2.54. The van der Waals surface area contributed by atoms with Crippen molar-refractivity contribution in [2.24, 2.45) is 0 Å². The number of aliphatic hydroxyl groups excluding tert-OH is 4. The van der Waals surface area contributed by atoms with Gasteiger partial charge >= 0.3 is 5.97 Å². The summed E-state index contributed by atoms with van der Waals surface area (Å²) in [5.74, 6) is -0.399. The normalized spacial score (nSPS) is 31.1. The van der Waals surface area contributed by atoms with Crippen LogP contribution in [0.5, 0.6) is 0 Å². The van der Waals surface area contributed by atoms with Gasteiger partial charge in [-0.2, -0.15) is 0 Å². The molecule has 1 aliphatic heterocycles. The van der Waals surface area contributed by atoms with E-state index in [1.807, 2.05) is 0 Å². The smallest absolute Gasteiger partial charge is 0.305 e. The SMILES string of the molecule is CCCCCCCCCC(=O)OC[C@H]1O[C@H](O)[C@H](O)[C@@H](O)[C@H]1O. The first kappa shape index (κ1) is 20.3. The molecule has 0 aromatic rings. The maximum absolute atomic E-state index is 11.6. The molecule has 0 bridgehead atoms. The van der Waals surface area contributed by atoms with Gasteiger partial charge in [0.15, 0.2) is 6.29 Å². The maximum Gasteiger partial charge on any atom is 0.305 e. The highest BCUT2D eigenvalue weighted by Crippen LogP contribution is 2.20. The molecule has 1 rings (SSSR count). The average molecular weight is 334 g/mol. The average Bonchev–Trinajstić information content (AvgIpc) is 2.54. The predicted octanol–water partition coefficient (Wildman–Crippen LogP) is 0.470. The van der Waals surface area contributed by atoms with Gasteiger partial charge in [0.2, 0.25) is 0 Å². The largest absolute Gasteiger partial charge is 0.463 e. The molecule has 0 aromatic carbocycles. The van der Waals surface area contributed by atoms with E-state index in [1.54, 1.807) is 0 Å². The lowest BCUT2D eigenvalue weighted by Crippen LogP contribution is -2.58. The van der Waals surface area contributed by atoms with E-state index in [0.29, 0.717) is 6.42 Å². The first-order valence-electron chi connectivity index (χ1n) is 8.50. The van der Waals surface area contributed by atoms with Gasteiger partial charge in [0.25, 0.3) is 0 Å². The summed E-state index contributed by atoms with van der Waals surface area (Å²) >= 11 is 0. The van der Waals surface area contributed by atoms with Crippen molar-refractivity contribution in [1.29, 1.82) is 0 Å². The van der Waals surface area contributed by atoms with Crippen molar-refractivity contribution in [2.45, 2.75) is 89.0 Å². The Bertz CT molecular complexity index is 336. The molecule has 1 fully saturated rings. The van der Waals surface area contributed by atoms with Crippen molar-refractivity contribution in [3.8, 4) is 0 Å². The van der Waals surface area contributed by atoms with Gasteiger partial charge in [0.05, 0.1) is 0 Å². The number of carbonyl (C=O) groups excluding carboxylic acids is 1. The van der Waals surface area contributed by atoms with Crippen molar-refractivity contribution in [3.63, 3.8) is 0 Å². The van der Waals surface area contributed by atoms with Gasteiger partial charge in [-0.1, -0.05) is 45.4 Å². The third-order valence-corrected chi connectivity index (χ3v) is 4.08. The molecule has 0 saturated carbocycles. The standard InChI is InChI=1S/C16H30O7/c1-2-3-4-5-6-7-8-9-12(17)22-10-11-13(18)14(19)15(20)16(21)23-11/h11,13-16,18-21H,2-10H2,1H3/t11-,13+,14+,15-,16+/m1/s1. The molecule has 136 valence electrons. The van der Waals surface area contributed by atoms with E-state index in [-0.39, 0.29) is 6.61 Å². The molecule has 7 nitrogen and oxygen atoms in total. The molecule has 1 aliphatic rings. The van der Waals surface area contributed by atoms with Crippen LogP contribution in [-0.4, -0.2) is 63.7 Å². The van der Waals surface area contributed by atoms with Crippen LogP contribution in [0.15, 0.2) is 0 Å². The zero-order valence-electron chi connectivity index (χ0n) is 13.8. The Hall–Kier alpha value is -0.730. The summed E-state index contributed by atoms with van der Waals surface area (Å²) in [6.07, 6.45) is 0.806. The highest BCUT2D eigenvalue weighted by Gasteiger charge is 2.43. The molecule has 0 aromatic heterocycles. The second-order valence-corrected chi connectivity index (χ2v) is 6.09. The predicted molar refractivity (Wildman–Crippen MR) is 82.5 cm³/mol. The Kier molecular flexibility index (Phi) is 9.66. The van der Waals surface area contributed by atoms with Crippen LogP contribution < -0.4 is 0 Å². The molecule has 7 heteroatoms. The second-order valence-electron chi connectivity index (χ2n) is 6.09. The van der Waals surface area contributed by atoms with Crippen LogP contribution >= 0.6 is 0 Å². The van der Waals surface area contributed by atoms with E-state index < -0.39 is 36.7 Å². The summed E-state index contributed by atoms with van der Waals surface area (Å²) in [6.45, 7) is 1.90. The fraction of sp³-hybridized carbons (Fsp3) is 0.938. The number of aliphatic hydroxyl groups is 4. The van der Waals surface area contributed by atoms with E-state index >= 15 is 0 Å². The van der Waals surface area contributed by atoms with Gasteiger partial charge in [0.1, 0.15) is 31.0 Å². The Labute approximate surface area is 137 Å². The van der Waals surface area contributed by atoms with Crippen LogP contribution in [0.25, 0.3) is 0 Å². The minimum atomic E-state index is -1.61. The van der Waals surface area contributed by atoms with E-state index in [2.05, 4.69) is 6.92 Å². The quantitative estimate of drug-likeness (QED) is 0.339. The number of hydrogen-bond donors (Lipinski definition) is 4. The zero-order valence-corrected chi connectivity index (χ0v) is 13.8. The Morgan fingerprint density at radius 3 is 2.17 bits per heavy atom. The van der Waals surface area contributed by atoms with Gasteiger partial charge in [-0.25, -0.2) is 0 Å². The van der Waals surface area contributed by atoms with Gasteiger partial charge in [-0.05, 0) is 6.42 Å². The molecule has 0 spiro atoms. The number of hydrogen-bond acceptors (Lipinski definition) is 7. The Balaban J connectivity index is 2.13. The van der Waals surface area contributed by atoms with E-state index in [4.69, 9.17) is 9.47 Å². The van der Waals surface area contributed by atoms with E-state index in [9.17, 15) is 25.2 Å². The first-order valence-corrected chi connectivity index (χ1v) is 8.50. The van der Waals surface area contributed by atoms with Crippen LogP contribution in [0.4, 0.5) is 0 Å². The highest BCUT2D eigenvalue weighted by molar-refractivity contribution is 5.69. The molecular formula is C16H30O7. The molecule has 4 N–H and O–H groups in total. The summed E-state index contributed by atoms with van der Waals surface area (Å²) in [4.78, 5) is 11.6. The molecule has 0 amide bonds. The van der Waals surface area contributed by atoms with Crippen LogP contribution in [0.3, 0.4) is 0 Å². The summed E-state index contributed by atoms with van der Waals surface area (Å²) in [6, 6.07) is 0. The van der Waals surface area contributed by atoms with Crippen molar-refractivity contribution in [3.05, 3.63) is 0 Å². The molecule has 0 aliphatic carbocycles. The van der Waals surface area contributed by atoms with Crippen LogP contribution in [0.1, 0.15) is 58.3 Å². The maximum atomic E-state index is 11.6. The molecule has 1 heterocycles. The lowest BCUT2D eigenvalue weighted by molar-refractivity contribution is -0.287. The lowest BCUT2D eigenvalue weighted by atomic mass is 9.99. The summed E-state index contributed by atoms with van der Waals surface area (Å²) in [5.41, 5.74) is 0. The molecule has 5 atom stereocenters. The highest BCUT2D eigenvalue weighted by atomic mass is 16.6. The number of unbranched alkanes of at least 4 members (excludes halogenated alkanes) is 6. The molecule has 0 unspecified atom stereocenters. The van der Waals surface area contributed by atoms with Crippen molar-refractivity contribution >= 4 is 5.97 Å². The summed E-state index contributed by atoms with van der Waals surface area (Å²) < 4.78 is 9.93. The molecule has 0 radical (unpaired) electrons. The van der Waals surface area contributed by atoms with Gasteiger partial charge in [-0.15, -0.1) is 0 Å². The van der Waals surface area contributed by atoms with E-state index in [1.165, 1.54) is 25.7 Å². The summed E-state index contributed by atoms with van der Waals surface area (Å²) in [7, 11) is 0. The number of rotatable bonds is 10. The molecular weight excluding hydrogens is 304 g/mol. The third kappa shape index (κ3) is 7.14. The Morgan fingerprint density at radius 2 is 1.52 bits per heavy atom. The minimum Gasteiger partial charge on any atom is -0.463 e. The zero-order chi connectivity index (χ0) is 17.2. The minimum absolute atomic E-state index is 0.267. The van der Waals surface area contributed by atoms with Crippen LogP contribution in [-0.2, 0) is 14.3 Å². The summed E-state index contributed by atoms with van der Waals surface area (Å²) in [5, 5.41) is 38.0. The van der Waals surface area contributed by atoms with E-state index in [0.717, 1.165) is 19.3 Å². The van der Waals surface area contributed by atoms with Crippen molar-refractivity contribution < 1.29 is 34.7 Å². The van der Waals surface area contributed by atoms with Gasteiger partial charge in [-0.3, -0.25) is 4.79 Å². The van der Waals surface area contributed by atoms with Crippen molar-refractivity contribution in [1.82, 2.24) is 0 Å². The first-order chi connectivity index (χ1) is 11.0. The van der Waals surface area contributed by atoms with Crippen LogP contribution in [0, 0.1) is 0 Å². The van der Waals surface area contributed by atoms with Crippen LogP contribution in [0.2, 0.25) is 0 Å². The second kappa shape index (κ2) is 10.9. The monoisotopic (exact) mass is 334 g/mol. The molecule has 1 saturated heterocycles. The van der Waals surface area contributed by atoms with Gasteiger partial charge < -0.3 is 29.9 Å². The number of carbonyl (C=O) groups is 1. The Morgan fingerprint density at radius 1 is 0.913 bits per heavy atom. The van der Waals surface area contributed by atoms with Crippen molar-refractivity contribution in [2.75, 3.05) is 6.61 Å². The molecule has 23 heavy (non-hydrogen) atoms. The topological polar surface area (TPSA) is 116 Å². The van der Waals surface area contributed by atoms with Gasteiger partial charge in [0, 0.05) is 6.42 Å². The number of esters is 1.